The van der Waals surface area contributed by atoms with Crippen LogP contribution in [0.5, 0.6) is 11.5 Å². The highest BCUT2D eigenvalue weighted by molar-refractivity contribution is 6.01. The van der Waals surface area contributed by atoms with E-state index in [1.807, 2.05) is 24.3 Å². The second-order valence-electron chi connectivity index (χ2n) is 8.19. The van der Waals surface area contributed by atoms with Gasteiger partial charge in [0.15, 0.2) is 5.78 Å². The SMILES string of the molecule is Cc1cc(O)c(C(=O)CCc2ccc3occc3c2)c(O[C@@H]2OC(CO)[C@@H](O)C(O)C2O)c1. The van der Waals surface area contributed by atoms with Crippen LogP contribution in [0.4, 0.5) is 0 Å². The number of fused-ring (bicyclic) bond motifs is 1. The minimum Gasteiger partial charge on any atom is -0.507 e. The smallest absolute Gasteiger partial charge is 0.229 e. The molecule has 5 atom stereocenters. The predicted molar refractivity (Wildman–Crippen MR) is 116 cm³/mol. The van der Waals surface area contributed by atoms with Crippen molar-refractivity contribution in [2.24, 2.45) is 0 Å². The number of benzene rings is 2. The van der Waals surface area contributed by atoms with Crippen LogP contribution in [-0.2, 0) is 11.2 Å². The number of carbonyl (C=O) groups excluding carboxylic acids is 1. The summed E-state index contributed by atoms with van der Waals surface area (Å²) >= 11 is 0. The average molecular weight is 458 g/mol. The summed E-state index contributed by atoms with van der Waals surface area (Å²) in [4.78, 5) is 13.1. The number of furan rings is 1. The summed E-state index contributed by atoms with van der Waals surface area (Å²) in [6.45, 7) is 1.07. The molecular weight excluding hydrogens is 432 g/mol. The summed E-state index contributed by atoms with van der Waals surface area (Å²) in [7, 11) is 0. The molecule has 1 fully saturated rings. The second-order valence-corrected chi connectivity index (χ2v) is 8.19. The first kappa shape index (κ1) is 23.2. The van der Waals surface area contributed by atoms with Crippen LogP contribution in [0.2, 0.25) is 0 Å². The van der Waals surface area contributed by atoms with Crippen molar-refractivity contribution in [1.29, 1.82) is 0 Å². The highest BCUT2D eigenvalue weighted by atomic mass is 16.7. The van der Waals surface area contributed by atoms with Crippen LogP contribution < -0.4 is 4.74 Å². The fourth-order valence-electron chi connectivity index (χ4n) is 3.95. The molecule has 0 spiro atoms. The van der Waals surface area contributed by atoms with E-state index in [-0.39, 0.29) is 29.3 Å². The van der Waals surface area contributed by atoms with E-state index in [2.05, 4.69) is 0 Å². The molecule has 1 aromatic heterocycles. The maximum Gasteiger partial charge on any atom is 0.229 e. The van der Waals surface area contributed by atoms with Crippen LogP contribution in [0.25, 0.3) is 11.0 Å². The highest BCUT2D eigenvalue weighted by Gasteiger charge is 2.45. The molecule has 4 rings (SSSR count). The lowest BCUT2D eigenvalue weighted by Gasteiger charge is -2.39. The van der Waals surface area contributed by atoms with Crippen LogP contribution in [-0.4, -0.2) is 68.6 Å². The molecule has 2 heterocycles. The average Bonchev–Trinajstić information content (AvgIpc) is 3.25. The molecular formula is C24H26O9. The number of phenolic OH excluding ortho intramolecular Hbond substituents is 1. The van der Waals surface area contributed by atoms with E-state index in [4.69, 9.17) is 13.9 Å². The summed E-state index contributed by atoms with van der Waals surface area (Å²) in [6.07, 6.45) is -5.37. The van der Waals surface area contributed by atoms with Crippen molar-refractivity contribution in [3.8, 4) is 11.5 Å². The van der Waals surface area contributed by atoms with Gasteiger partial charge in [-0.3, -0.25) is 4.79 Å². The summed E-state index contributed by atoms with van der Waals surface area (Å²) in [5, 5.41) is 51.0. The normalized spacial score (nSPS) is 25.3. The van der Waals surface area contributed by atoms with Gasteiger partial charge in [0.2, 0.25) is 6.29 Å². The minimum absolute atomic E-state index is 0.0351. The van der Waals surface area contributed by atoms with Gasteiger partial charge in [0.25, 0.3) is 0 Å². The molecule has 9 heteroatoms. The van der Waals surface area contributed by atoms with Crippen molar-refractivity contribution in [3.05, 3.63) is 59.4 Å². The quantitative estimate of drug-likeness (QED) is 0.331. The fourth-order valence-corrected chi connectivity index (χ4v) is 3.95. The Morgan fingerprint density at radius 3 is 2.61 bits per heavy atom. The van der Waals surface area contributed by atoms with Crippen LogP contribution in [0.15, 0.2) is 47.1 Å². The van der Waals surface area contributed by atoms with Gasteiger partial charge in [-0.2, -0.15) is 0 Å². The van der Waals surface area contributed by atoms with Crippen molar-refractivity contribution in [3.63, 3.8) is 0 Å². The molecule has 0 aliphatic carbocycles. The number of phenols is 1. The molecule has 3 aromatic rings. The molecule has 0 saturated carbocycles. The number of Topliss-reactive ketones (excluding diaryl/α,β-unsaturated/α-hetero) is 1. The molecule has 1 aliphatic heterocycles. The molecule has 9 nitrogen and oxygen atoms in total. The number of ketones is 1. The zero-order valence-electron chi connectivity index (χ0n) is 17.9. The van der Waals surface area contributed by atoms with E-state index >= 15 is 0 Å². The van der Waals surface area contributed by atoms with Crippen molar-refractivity contribution in [2.75, 3.05) is 6.61 Å². The zero-order chi connectivity index (χ0) is 23.7. The van der Waals surface area contributed by atoms with Gasteiger partial charge in [-0.15, -0.1) is 0 Å². The predicted octanol–water partition coefficient (Wildman–Crippen LogP) is 1.44. The van der Waals surface area contributed by atoms with Gasteiger partial charge in [0.05, 0.1) is 12.9 Å². The lowest BCUT2D eigenvalue weighted by molar-refractivity contribution is -0.277. The third-order valence-electron chi connectivity index (χ3n) is 5.75. The Hall–Kier alpha value is -2.95. The van der Waals surface area contributed by atoms with Gasteiger partial charge in [0, 0.05) is 11.8 Å². The summed E-state index contributed by atoms with van der Waals surface area (Å²) in [5.74, 6) is -0.712. The van der Waals surface area contributed by atoms with Crippen LogP contribution in [0.3, 0.4) is 0 Å². The Balaban J connectivity index is 1.55. The molecule has 3 unspecified atom stereocenters. The first-order chi connectivity index (χ1) is 15.8. The van der Waals surface area contributed by atoms with Gasteiger partial charge in [-0.1, -0.05) is 6.07 Å². The maximum atomic E-state index is 13.1. The van der Waals surface area contributed by atoms with E-state index < -0.39 is 37.3 Å². The van der Waals surface area contributed by atoms with Crippen molar-refractivity contribution in [2.45, 2.75) is 50.5 Å². The van der Waals surface area contributed by atoms with Crippen molar-refractivity contribution < 1.29 is 44.2 Å². The molecule has 2 aromatic carbocycles. The molecule has 1 saturated heterocycles. The zero-order valence-corrected chi connectivity index (χ0v) is 17.9. The lowest BCUT2D eigenvalue weighted by Crippen LogP contribution is -2.60. The van der Waals surface area contributed by atoms with Gasteiger partial charge in [-0.25, -0.2) is 0 Å². The molecule has 1 aliphatic rings. The largest absolute Gasteiger partial charge is 0.507 e. The number of carbonyl (C=O) groups is 1. The monoisotopic (exact) mass is 458 g/mol. The standard InChI is InChI=1S/C24H26O9/c1-12-8-16(27)20(15(26)4-2-13-3-5-17-14(10-13)6-7-31-17)18(9-12)32-24-23(30)22(29)21(28)19(11-25)33-24/h3,5-10,19,21-25,27-30H,2,4,11H2,1H3/t19?,21-,22?,23?,24-/m1/s1. The number of rotatable bonds is 7. The molecule has 0 radical (unpaired) electrons. The molecule has 0 amide bonds. The van der Waals surface area contributed by atoms with Crippen LogP contribution in [0, 0.1) is 6.92 Å². The van der Waals surface area contributed by atoms with Crippen LogP contribution >= 0.6 is 0 Å². The number of ether oxygens (including phenoxy) is 2. The Labute approximate surface area is 189 Å². The number of aromatic hydroxyl groups is 1. The number of aryl methyl sites for hydroxylation is 2. The Morgan fingerprint density at radius 2 is 1.85 bits per heavy atom. The Kier molecular flexibility index (Phi) is 6.68. The first-order valence-corrected chi connectivity index (χ1v) is 10.6. The Bertz CT molecular complexity index is 1140. The molecule has 176 valence electrons. The number of aliphatic hydroxyl groups excluding tert-OH is 4. The van der Waals surface area contributed by atoms with E-state index in [0.717, 1.165) is 16.5 Å². The summed E-state index contributed by atoms with van der Waals surface area (Å²) in [5.41, 5.74) is 2.17. The van der Waals surface area contributed by atoms with E-state index in [9.17, 15) is 30.3 Å². The van der Waals surface area contributed by atoms with Gasteiger partial charge >= 0.3 is 0 Å². The Morgan fingerprint density at radius 1 is 1.06 bits per heavy atom. The van der Waals surface area contributed by atoms with E-state index in [1.165, 1.54) is 12.1 Å². The number of hydrogen-bond donors (Lipinski definition) is 5. The van der Waals surface area contributed by atoms with Crippen molar-refractivity contribution in [1.82, 2.24) is 0 Å². The lowest BCUT2D eigenvalue weighted by atomic mass is 9.98. The molecule has 33 heavy (non-hydrogen) atoms. The van der Waals surface area contributed by atoms with Gasteiger partial charge in [-0.05, 0) is 54.8 Å². The summed E-state index contributed by atoms with van der Waals surface area (Å²) in [6, 6.07) is 10.4. The topological polar surface area (TPSA) is 150 Å². The fraction of sp³-hybridized carbons (Fsp3) is 0.375. The molecule has 0 bridgehead atoms. The van der Waals surface area contributed by atoms with Gasteiger partial charge < -0.3 is 39.4 Å². The van der Waals surface area contributed by atoms with Crippen molar-refractivity contribution >= 4 is 16.8 Å². The van der Waals surface area contributed by atoms with Gasteiger partial charge in [0.1, 0.15) is 47.1 Å². The summed E-state index contributed by atoms with van der Waals surface area (Å²) < 4.78 is 16.4. The third-order valence-corrected chi connectivity index (χ3v) is 5.75. The maximum absolute atomic E-state index is 13.1. The third kappa shape index (κ3) is 4.73. The van der Waals surface area contributed by atoms with E-state index in [1.54, 1.807) is 13.2 Å². The van der Waals surface area contributed by atoms with Crippen LogP contribution in [0.1, 0.15) is 27.9 Å². The number of hydrogen-bond acceptors (Lipinski definition) is 9. The minimum atomic E-state index is -1.64. The number of aliphatic hydroxyl groups is 4. The first-order valence-electron chi connectivity index (χ1n) is 10.6. The molecule has 5 N–H and O–H groups in total. The highest BCUT2D eigenvalue weighted by Crippen LogP contribution is 2.34. The van der Waals surface area contributed by atoms with E-state index in [0.29, 0.717) is 12.0 Å². The second kappa shape index (κ2) is 9.50.